The molecule has 100 valence electrons. The molecular formula is C13H17Br2NO2. The third-order valence-electron chi connectivity index (χ3n) is 3.14. The lowest BCUT2D eigenvalue weighted by molar-refractivity contribution is -0.101. The predicted octanol–water partition coefficient (Wildman–Crippen LogP) is 3.20. The second-order valence-corrected chi connectivity index (χ2v) is 6.08. The molecule has 0 bridgehead atoms. The van der Waals surface area contributed by atoms with Gasteiger partial charge in [0.25, 0.3) is 0 Å². The Morgan fingerprint density at radius 2 is 2.06 bits per heavy atom. The van der Waals surface area contributed by atoms with E-state index in [2.05, 4.69) is 56.2 Å². The van der Waals surface area contributed by atoms with Gasteiger partial charge in [-0.15, -0.1) is 0 Å². The molecule has 3 nitrogen and oxygen atoms in total. The Morgan fingerprint density at radius 1 is 1.28 bits per heavy atom. The van der Waals surface area contributed by atoms with E-state index < -0.39 is 0 Å². The molecule has 1 heterocycles. The summed E-state index contributed by atoms with van der Waals surface area (Å²) in [5.41, 5.74) is 2.40. The SMILES string of the molecule is CNC(c1cc(Br)c(C)cc1Br)C1COCCO1. The van der Waals surface area contributed by atoms with Crippen molar-refractivity contribution in [1.29, 1.82) is 0 Å². The molecule has 5 heteroatoms. The van der Waals surface area contributed by atoms with E-state index in [0.29, 0.717) is 19.8 Å². The van der Waals surface area contributed by atoms with Gasteiger partial charge in [-0.1, -0.05) is 31.9 Å². The molecule has 0 saturated carbocycles. The third kappa shape index (κ3) is 3.14. The standard InChI is InChI=1S/C13H17Br2NO2/c1-8-5-11(15)9(6-10(8)14)13(16-2)12-7-17-3-4-18-12/h5-6,12-13,16H,3-4,7H2,1-2H3. The summed E-state index contributed by atoms with van der Waals surface area (Å²) in [7, 11) is 1.95. The molecule has 2 atom stereocenters. The second-order valence-electron chi connectivity index (χ2n) is 4.37. The van der Waals surface area contributed by atoms with Crippen molar-refractivity contribution in [1.82, 2.24) is 5.32 Å². The van der Waals surface area contributed by atoms with Crippen LogP contribution in [0.25, 0.3) is 0 Å². The van der Waals surface area contributed by atoms with Gasteiger partial charge in [0.2, 0.25) is 0 Å². The van der Waals surface area contributed by atoms with E-state index in [-0.39, 0.29) is 12.1 Å². The Labute approximate surface area is 124 Å². The first kappa shape index (κ1) is 14.5. The van der Waals surface area contributed by atoms with Crippen LogP contribution in [0.5, 0.6) is 0 Å². The van der Waals surface area contributed by atoms with Crippen molar-refractivity contribution in [3.05, 3.63) is 32.2 Å². The highest BCUT2D eigenvalue weighted by atomic mass is 79.9. The maximum Gasteiger partial charge on any atom is 0.100 e. The molecule has 18 heavy (non-hydrogen) atoms. The van der Waals surface area contributed by atoms with Gasteiger partial charge >= 0.3 is 0 Å². The number of aryl methyl sites for hydroxylation is 1. The Morgan fingerprint density at radius 3 is 2.67 bits per heavy atom. The summed E-state index contributed by atoms with van der Waals surface area (Å²) in [6.07, 6.45) is 0.0506. The van der Waals surface area contributed by atoms with Gasteiger partial charge in [-0.25, -0.2) is 0 Å². The van der Waals surface area contributed by atoms with E-state index >= 15 is 0 Å². The fraction of sp³-hybridized carbons (Fsp3) is 0.538. The average molecular weight is 379 g/mol. The zero-order valence-electron chi connectivity index (χ0n) is 10.5. The largest absolute Gasteiger partial charge is 0.376 e. The summed E-state index contributed by atoms with van der Waals surface area (Å²) in [6.45, 7) is 4.05. The molecule has 1 saturated heterocycles. The molecule has 2 unspecified atom stereocenters. The molecule has 0 amide bonds. The number of rotatable bonds is 3. The van der Waals surface area contributed by atoms with Crippen LogP contribution in [0.3, 0.4) is 0 Å². The summed E-state index contributed by atoms with van der Waals surface area (Å²) in [6, 6.07) is 4.38. The topological polar surface area (TPSA) is 30.5 Å². The maximum absolute atomic E-state index is 5.79. The molecule has 0 aromatic heterocycles. The zero-order valence-corrected chi connectivity index (χ0v) is 13.7. The van der Waals surface area contributed by atoms with E-state index in [4.69, 9.17) is 9.47 Å². The zero-order chi connectivity index (χ0) is 13.1. The van der Waals surface area contributed by atoms with Crippen LogP contribution in [0.4, 0.5) is 0 Å². The second kappa shape index (κ2) is 6.48. The molecule has 1 aromatic carbocycles. The van der Waals surface area contributed by atoms with Crippen molar-refractivity contribution in [3.63, 3.8) is 0 Å². The Bertz CT molecular complexity index is 420. The van der Waals surface area contributed by atoms with Crippen LogP contribution in [0, 0.1) is 6.92 Å². The molecule has 0 aliphatic carbocycles. The number of hydrogen-bond donors (Lipinski definition) is 1. The van der Waals surface area contributed by atoms with Crippen molar-refractivity contribution in [3.8, 4) is 0 Å². The summed E-state index contributed by atoms with van der Waals surface area (Å²) >= 11 is 7.21. The van der Waals surface area contributed by atoms with Crippen LogP contribution in [-0.2, 0) is 9.47 Å². The number of hydrogen-bond acceptors (Lipinski definition) is 3. The van der Waals surface area contributed by atoms with Crippen molar-refractivity contribution >= 4 is 31.9 Å². The van der Waals surface area contributed by atoms with Crippen molar-refractivity contribution < 1.29 is 9.47 Å². The highest BCUT2D eigenvalue weighted by Gasteiger charge is 2.27. The lowest BCUT2D eigenvalue weighted by Crippen LogP contribution is -2.39. The molecule has 1 aromatic rings. The summed E-state index contributed by atoms with van der Waals surface area (Å²) in [4.78, 5) is 0. The minimum atomic E-state index is 0.0506. The average Bonchev–Trinajstić information content (AvgIpc) is 2.38. The van der Waals surface area contributed by atoms with Gasteiger partial charge in [-0.2, -0.15) is 0 Å². The monoisotopic (exact) mass is 377 g/mol. The maximum atomic E-state index is 5.79. The minimum Gasteiger partial charge on any atom is -0.376 e. The van der Waals surface area contributed by atoms with Gasteiger partial charge in [0, 0.05) is 8.95 Å². The minimum absolute atomic E-state index is 0.0506. The van der Waals surface area contributed by atoms with E-state index in [1.165, 1.54) is 11.1 Å². The number of ether oxygens (including phenoxy) is 2. The van der Waals surface area contributed by atoms with Crippen molar-refractivity contribution in [2.75, 3.05) is 26.9 Å². The van der Waals surface area contributed by atoms with Gasteiger partial charge in [0.1, 0.15) is 6.10 Å². The van der Waals surface area contributed by atoms with E-state index in [1.807, 2.05) is 7.05 Å². The van der Waals surface area contributed by atoms with Crippen LogP contribution >= 0.6 is 31.9 Å². The van der Waals surface area contributed by atoms with Crippen LogP contribution in [0.1, 0.15) is 17.2 Å². The first-order valence-electron chi connectivity index (χ1n) is 5.95. The molecule has 0 spiro atoms. The number of halogens is 2. The molecule has 1 aliphatic rings. The highest BCUT2D eigenvalue weighted by molar-refractivity contribution is 9.11. The Kier molecular flexibility index (Phi) is 5.21. The van der Waals surface area contributed by atoms with E-state index in [0.717, 1.165) is 8.95 Å². The van der Waals surface area contributed by atoms with Crippen molar-refractivity contribution in [2.24, 2.45) is 0 Å². The summed E-state index contributed by atoms with van der Waals surface area (Å²) in [5.74, 6) is 0. The lowest BCUT2D eigenvalue weighted by atomic mass is 10.00. The summed E-state index contributed by atoms with van der Waals surface area (Å²) in [5, 5.41) is 3.32. The van der Waals surface area contributed by atoms with Crippen LogP contribution in [-0.4, -0.2) is 33.0 Å². The van der Waals surface area contributed by atoms with E-state index in [9.17, 15) is 0 Å². The van der Waals surface area contributed by atoms with Crippen LogP contribution in [0.2, 0.25) is 0 Å². The summed E-state index contributed by atoms with van der Waals surface area (Å²) < 4.78 is 13.5. The molecule has 1 aliphatic heterocycles. The highest BCUT2D eigenvalue weighted by Crippen LogP contribution is 2.32. The first-order chi connectivity index (χ1) is 8.63. The number of likely N-dealkylation sites (N-methyl/N-ethyl adjacent to an activating group) is 1. The molecule has 0 radical (unpaired) electrons. The predicted molar refractivity (Wildman–Crippen MR) is 78.9 cm³/mol. The molecule has 2 rings (SSSR count). The normalized spacial score (nSPS) is 21.9. The Balaban J connectivity index is 2.28. The number of nitrogens with one attached hydrogen (secondary N) is 1. The lowest BCUT2D eigenvalue weighted by Gasteiger charge is -2.31. The molecule has 1 N–H and O–H groups in total. The quantitative estimate of drug-likeness (QED) is 0.876. The van der Waals surface area contributed by atoms with Crippen LogP contribution in [0.15, 0.2) is 21.1 Å². The fourth-order valence-corrected chi connectivity index (χ4v) is 3.21. The van der Waals surface area contributed by atoms with Gasteiger partial charge in [-0.05, 0) is 37.2 Å². The fourth-order valence-electron chi connectivity index (χ4n) is 2.14. The Hall–Kier alpha value is 0.0600. The van der Waals surface area contributed by atoms with Gasteiger partial charge in [-0.3, -0.25) is 0 Å². The molecule has 1 fully saturated rings. The smallest absolute Gasteiger partial charge is 0.100 e. The number of benzene rings is 1. The first-order valence-corrected chi connectivity index (χ1v) is 7.54. The van der Waals surface area contributed by atoms with Gasteiger partial charge in [0.15, 0.2) is 0 Å². The third-order valence-corrected chi connectivity index (χ3v) is 4.68. The van der Waals surface area contributed by atoms with Gasteiger partial charge < -0.3 is 14.8 Å². The van der Waals surface area contributed by atoms with Crippen LogP contribution < -0.4 is 5.32 Å². The van der Waals surface area contributed by atoms with Gasteiger partial charge in [0.05, 0.1) is 25.9 Å². The molecular weight excluding hydrogens is 362 g/mol. The van der Waals surface area contributed by atoms with Crippen molar-refractivity contribution in [2.45, 2.75) is 19.1 Å². The van der Waals surface area contributed by atoms with E-state index in [1.54, 1.807) is 0 Å².